The molecule has 1 atom stereocenters. The number of hydrogen-bond acceptors (Lipinski definition) is 6. The van der Waals surface area contributed by atoms with Gasteiger partial charge in [0.05, 0.1) is 29.1 Å². The monoisotopic (exact) mass is 458 g/mol. The number of carbonyl (C=O) groups excluding carboxylic acids is 1. The summed E-state index contributed by atoms with van der Waals surface area (Å²) in [5, 5.41) is 12.9. The first-order valence-electron chi connectivity index (χ1n) is 10.4. The van der Waals surface area contributed by atoms with Crippen LogP contribution in [0.5, 0.6) is 0 Å². The number of carbonyl (C=O) groups is 1. The minimum Gasteiger partial charge on any atom is -0.385 e. The number of anilines is 1. The van der Waals surface area contributed by atoms with Crippen LogP contribution in [0, 0.1) is 6.92 Å². The summed E-state index contributed by atoms with van der Waals surface area (Å²) in [7, 11) is -3.69. The van der Waals surface area contributed by atoms with Crippen LogP contribution in [0.3, 0.4) is 0 Å². The predicted octanol–water partition coefficient (Wildman–Crippen LogP) is 2.06. The number of nitrogens with zero attached hydrogens (tertiary/aromatic N) is 3. The maximum absolute atomic E-state index is 13.1. The van der Waals surface area contributed by atoms with E-state index in [0.29, 0.717) is 48.9 Å². The highest BCUT2D eigenvalue weighted by Gasteiger charge is 2.28. The number of morpholine rings is 1. The number of amides is 1. The lowest BCUT2D eigenvalue weighted by Crippen LogP contribution is -2.40. The summed E-state index contributed by atoms with van der Waals surface area (Å²) in [6.07, 6.45) is -0.847. The Kier molecular flexibility index (Phi) is 6.29. The predicted molar refractivity (Wildman–Crippen MR) is 120 cm³/mol. The second-order valence-electron chi connectivity index (χ2n) is 7.77. The van der Waals surface area contributed by atoms with Gasteiger partial charge < -0.3 is 19.7 Å². The van der Waals surface area contributed by atoms with Crippen LogP contribution >= 0.6 is 0 Å². The molecule has 9 nitrogen and oxygen atoms in total. The maximum atomic E-state index is 13.1. The molecule has 2 heterocycles. The van der Waals surface area contributed by atoms with E-state index in [2.05, 4.69) is 10.3 Å². The number of rotatable bonds is 6. The van der Waals surface area contributed by atoms with Gasteiger partial charge >= 0.3 is 0 Å². The molecule has 1 unspecified atom stereocenters. The molecule has 10 heteroatoms. The average molecular weight is 459 g/mol. The van der Waals surface area contributed by atoms with Crippen LogP contribution in [-0.4, -0.2) is 59.6 Å². The van der Waals surface area contributed by atoms with E-state index in [9.17, 15) is 18.3 Å². The highest BCUT2D eigenvalue weighted by atomic mass is 32.2. The lowest BCUT2D eigenvalue weighted by Gasteiger charge is -2.26. The van der Waals surface area contributed by atoms with Crippen LogP contribution in [0.25, 0.3) is 11.0 Å². The Morgan fingerprint density at radius 2 is 1.94 bits per heavy atom. The van der Waals surface area contributed by atoms with Gasteiger partial charge in [-0.1, -0.05) is 18.2 Å². The third-order valence-corrected chi connectivity index (χ3v) is 7.46. The van der Waals surface area contributed by atoms with Gasteiger partial charge in [-0.05, 0) is 43.7 Å². The van der Waals surface area contributed by atoms with Crippen LogP contribution in [0.1, 0.15) is 24.4 Å². The fourth-order valence-corrected chi connectivity index (χ4v) is 5.46. The third kappa shape index (κ3) is 4.40. The topological polar surface area (TPSA) is 114 Å². The quantitative estimate of drug-likeness (QED) is 0.585. The van der Waals surface area contributed by atoms with Crippen LogP contribution in [0.4, 0.5) is 5.69 Å². The van der Waals surface area contributed by atoms with Crippen molar-refractivity contribution >= 4 is 32.7 Å². The second kappa shape index (κ2) is 8.99. The van der Waals surface area contributed by atoms with Gasteiger partial charge in [0.25, 0.3) is 0 Å². The van der Waals surface area contributed by atoms with Crippen molar-refractivity contribution in [3.8, 4) is 0 Å². The lowest BCUT2D eigenvalue weighted by molar-refractivity contribution is -0.116. The third-order valence-electron chi connectivity index (χ3n) is 5.42. The first-order valence-corrected chi connectivity index (χ1v) is 11.8. The molecular formula is C22H26N4O5S. The van der Waals surface area contributed by atoms with E-state index in [0.717, 1.165) is 5.52 Å². The molecule has 1 fully saturated rings. The fraction of sp³-hybridized carbons (Fsp3) is 0.364. The normalized spacial score (nSPS) is 16.2. The summed E-state index contributed by atoms with van der Waals surface area (Å²) in [5.41, 5.74) is 2.41. The summed E-state index contributed by atoms with van der Waals surface area (Å²) >= 11 is 0. The molecule has 0 aliphatic carbocycles. The summed E-state index contributed by atoms with van der Waals surface area (Å²) in [6.45, 7) is 4.57. The number of sulfonamides is 1. The van der Waals surface area contributed by atoms with Gasteiger partial charge in [0, 0.05) is 18.8 Å². The Hall–Kier alpha value is -2.79. The minimum absolute atomic E-state index is 0.0693. The molecule has 1 aliphatic heterocycles. The molecule has 0 spiro atoms. The van der Waals surface area contributed by atoms with E-state index in [-0.39, 0.29) is 17.3 Å². The van der Waals surface area contributed by atoms with Gasteiger partial charge in [-0.25, -0.2) is 13.4 Å². The van der Waals surface area contributed by atoms with Crippen LogP contribution in [-0.2, 0) is 26.1 Å². The zero-order chi connectivity index (χ0) is 22.9. The summed E-state index contributed by atoms with van der Waals surface area (Å²) in [5.74, 6) is 0.0365. The van der Waals surface area contributed by atoms with Crippen LogP contribution in [0.2, 0.25) is 0 Å². The van der Waals surface area contributed by atoms with Crippen molar-refractivity contribution in [2.75, 3.05) is 31.6 Å². The number of nitrogens with one attached hydrogen (secondary N) is 1. The molecule has 0 saturated carbocycles. The number of aromatic nitrogens is 2. The molecule has 170 valence electrons. The highest BCUT2D eigenvalue weighted by Crippen LogP contribution is 2.25. The maximum Gasteiger partial charge on any atom is 0.244 e. The average Bonchev–Trinajstić information content (AvgIpc) is 3.14. The molecule has 3 aromatic rings. The molecule has 2 N–H and O–H groups in total. The largest absolute Gasteiger partial charge is 0.385 e. The van der Waals surface area contributed by atoms with Gasteiger partial charge in [0.15, 0.2) is 0 Å². The number of aliphatic hydroxyl groups is 1. The van der Waals surface area contributed by atoms with Gasteiger partial charge in [-0.3, -0.25) is 4.79 Å². The summed E-state index contributed by atoms with van der Waals surface area (Å²) in [4.78, 5) is 17.4. The van der Waals surface area contributed by atoms with E-state index >= 15 is 0 Å². The number of aliphatic hydroxyl groups excluding tert-OH is 1. The van der Waals surface area contributed by atoms with Gasteiger partial charge in [0.2, 0.25) is 15.9 Å². The molecule has 1 saturated heterocycles. The van der Waals surface area contributed by atoms with Crippen molar-refractivity contribution in [1.82, 2.24) is 13.9 Å². The summed E-state index contributed by atoms with van der Waals surface area (Å²) in [6, 6.07) is 12.2. The molecule has 4 rings (SSSR count). The lowest BCUT2D eigenvalue weighted by atomic mass is 10.2. The van der Waals surface area contributed by atoms with Gasteiger partial charge in [0.1, 0.15) is 18.5 Å². The van der Waals surface area contributed by atoms with Crippen LogP contribution in [0.15, 0.2) is 47.4 Å². The van der Waals surface area contributed by atoms with E-state index in [1.807, 2.05) is 24.3 Å². The molecule has 0 radical (unpaired) electrons. The Morgan fingerprint density at radius 1 is 1.22 bits per heavy atom. The minimum atomic E-state index is -3.69. The van der Waals surface area contributed by atoms with Crippen LogP contribution < -0.4 is 5.32 Å². The Labute approximate surface area is 186 Å². The summed E-state index contributed by atoms with van der Waals surface area (Å²) < 4.78 is 34.5. The molecular weight excluding hydrogens is 432 g/mol. The van der Waals surface area contributed by atoms with E-state index < -0.39 is 16.1 Å². The zero-order valence-electron chi connectivity index (χ0n) is 18.0. The van der Waals surface area contributed by atoms with Crippen molar-refractivity contribution in [3.05, 3.63) is 53.9 Å². The Morgan fingerprint density at radius 3 is 2.66 bits per heavy atom. The number of hydrogen-bond donors (Lipinski definition) is 2. The smallest absolute Gasteiger partial charge is 0.244 e. The molecule has 0 bridgehead atoms. The van der Waals surface area contributed by atoms with Gasteiger partial charge in [-0.15, -0.1) is 0 Å². The van der Waals surface area contributed by atoms with E-state index in [1.54, 1.807) is 30.5 Å². The standard InChI is InChI=1S/C22H26N4O5S/c1-15-7-8-17(13-20(15)32(29,30)25-9-11-31-12-10-25)23-21(28)14-26-19-6-4-3-5-18(19)24-22(26)16(2)27/h3-8,13,16,27H,9-12,14H2,1-2H3,(H,23,28). The Balaban J connectivity index is 1.58. The SMILES string of the molecule is Cc1ccc(NC(=O)Cn2c(C(C)O)nc3ccccc32)cc1S(=O)(=O)N1CCOCC1. The molecule has 1 amide bonds. The molecule has 2 aromatic carbocycles. The second-order valence-corrected chi connectivity index (χ2v) is 9.67. The molecule has 1 aromatic heterocycles. The number of benzene rings is 2. The number of imidazole rings is 1. The van der Waals surface area contributed by atoms with Crippen molar-refractivity contribution in [2.45, 2.75) is 31.4 Å². The Bertz CT molecular complexity index is 1250. The first-order chi connectivity index (χ1) is 15.3. The van der Waals surface area contributed by atoms with Gasteiger partial charge in [-0.2, -0.15) is 4.31 Å². The fourth-order valence-electron chi connectivity index (χ4n) is 3.81. The number of para-hydroxylation sites is 2. The highest BCUT2D eigenvalue weighted by molar-refractivity contribution is 7.89. The number of fused-ring (bicyclic) bond motifs is 1. The number of aryl methyl sites for hydroxylation is 1. The van der Waals surface area contributed by atoms with Crippen molar-refractivity contribution in [2.24, 2.45) is 0 Å². The molecule has 1 aliphatic rings. The van der Waals surface area contributed by atoms with E-state index in [4.69, 9.17) is 4.74 Å². The van der Waals surface area contributed by atoms with E-state index in [1.165, 1.54) is 10.4 Å². The van der Waals surface area contributed by atoms with Crippen molar-refractivity contribution in [3.63, 3.8) is 0 Å². The molecule has 32 heavy (non-hydrogen) atoms. The van der Waals surface area contributed by atoms with Crippen molar-refractivity contribution in [1.29, 1.82) is 0 Å². The zero-order valence-corrected chi connectivity index (χ0v) is 18.8. The number of ether oxygens (including phenoxy) is 1. The van der Waals surface area contributed by atoms with Crippen molar-refractivity contribution < 1.29 is 23.1 Å². The first kappa shape index (κ1) is 22.4.